The van der Waals surface area contributed by atoms with Crippen molar-refractivity contribution in [1.29, 1.82) is 0 Å². The molecule has 0 fully saturated rings. The molecule has 6 N–H and O–H groups in total. The van der Waals surface area contributed by atoms with Crippen LogP contribution in [-0.2, 0) is 5.41 Å². The van der Waals surface area contributed by atoms with E-state index < -0.39 is 17.6 Å². The molecule has 9 heteroatoms. The van der Waals surface area contributed by atoms with E-state index in [1.807, 2.05) is 0 Å². The van der Waals surface area contributed by atoms with Crippen LogP contribution in [0.1, 0.15) is 40.0 Å². The largest absolute Gasteiger partial charge is 0.508 e. The molecular formula is C30H22O9. The van der Waals surface area contributed by atoms with E-state index in [-0.39, 0.29) is 58.2 Å². The number of phenolic OH excluding ortho intramolecular Hbond substituents is 5. The third kappa shape index (κ3) is 3.19. The number of benzene rings is 4. The van der Waals surface area contributed by atoms with Crippen LogP contribution in [0.3, 0.4) is 0 Å². The van der Waals surface area contributed by atoms with Gasteiger partial charge in [-0.2, -0.15) is 0 Å². The van der Waals surface area contributed by atoms with Crippen molar-refractivity contribution in [3.63, 3.8) is 0 Å². The molecule has 7 rings (SSSR count). The Labute approximate surface area is 221 Å². The number of phenols is 5. The molecule has 4 aromatic carbocycles. The highest BCUT2D eigenvalue weighted by Crippen LogP contribution is 2.65. The Morgan fingerprint density at radius 3 is 2.00 bits per heavy atom. The zero-order valence-electron chi connectivity index (χ0n) is 20.2. The molecule has 196 valence electrons. The molecule has 4 aromatic rings. The standard InChI is InChI=1S/C30H22O9/c31-16-5-1-14(2-6-16)27-22(36)11-19-20(34)12-23-26(28(19)39-27)30(13-37-23)25-21(35)9-18(33)10-24(25)38-29(30)15-3-7-17(32)8-4-15/h1-12,27,29,31-36H,13H2/t27-,29-,30+/m1/s1. The van der Waals surface area contributed by atoms with Crippen molar-refractivity contribution in [3.8, 4) is 46.0 Å². The lowest BCUT2D eigenvalue weighted by atomic mass is 9.69. The van der Waals surface area contributed by atoms with Gasteiger partial charge in [-0.05, 0) is 35.9 Å². The molecule has 0 bridgehead atoms. The van der Waals surface area contributed by atoms with Crippen LogP contribution < -0.4 is 14.2 Å². The van der Waals surface area contributed by atoms with Gasteiger partial charge in [0.25, 0.3) is 0 Å². The van der Waals surface area contributed by atoms with Gasteiger partial charge in [-0.25, -0.2) is 0 Å². The quantitative estimate of drug-likeness (QED) is 0.211. The molecule has 3 aliphatic heterocycles. The fraction of sp³-hybridized carbons (Fsp3) is 0.133. The van der Waals surface area contributed by atoms with Gasteiger partial charge in [-0.1, -0.05) is 24.3 Å². The molecule has 39 heavy (non-hydrogen) atoms. The summed E-state index contributed by atoms with van der Waals surface area (Å²) in [7, 11) is 0. The van der Waals surface area contributed by atoms with Crippen LogP contribution in [-0.4, -0.2) is 37.2 Å². The summed E-state index contributed by atoms with van der Waals surface area (Å²) in [6, 6.07) is 16.7. The maximum absolute atomic E-state index is 11.1. The number of ether oxygens (including phenoxy) is 3. The number of fused-ring (bicyclic) bond motifs is 6. The first-order chi connectivity index (χ1) is 18.8. The summed E-state index contributed by atoms with van der Waals surface area (Å²) >= 11 is 0. The monoisotopic (exact) mass is 526 g/mol. The Morgan fingerprint density at radius 2 is 1.31 bits per heavy atom. The van der Waals surface area contributed by atoms with Gasteiger partial charge in [0.15, 0.2) is 6.10 Å². The summed E-state index contributed by atoms with van der Waals surface area (Å²) in [6.07, 6.45) is -0.323. The highest BCUT2D eigenvalue weighted by Gasteiger charge is 2.60. The van der Waals surface area contributed by atoms with Crippen molar-refractivity contribution in [2.24, 2.45) is 0 Å². The zero-order chi connectivity index (χ0) is 27.1. The van der Waals surface area contributed by atoms with Gasteiger partial charge in [-0.15, -0.1) is 0 Å². The van der Waals surface area contributed by atoms with Crippen LogP contribution >= 0.6 is 0 Å². The first-order valence-corrected chi connectivity index (χ1v) is 12.2. The van der Waals surface area contributed by atoms with Gasteiger partial charge in [0.05, 0.1) is 16.7 Å². The van der Waals surface area contributed by atoms with E-state index in [2.05, 4.69) is 0 Å². The lowest BCUT2D eigenvalue weighted by molar-refractivity contribution is 0.138. The number of aromatic hydroxyl groups is 5. The van der Waals surface area contributed by atoms with Crippen molar-refractivity contribution >= 4 is 6.08 Å². The van der Waals surface area contributed by atoms with E-state index >= 15 is 0 Å². The normalized spacial score (nSPS) is 22.2. The maximum Gasteiger partial charge on any atom is 0.180 e. The molecule has 0 amide bonds. The third-order valence-electron chi connectivity index (χ3n) is 7.56. The van der Waals surface area contributed by atoms with Gasteiger partial charge in [0.2, 0.25) is 0 Å². The Kier molecular flexibility index (Phi) is 4.66. The van der Waals surface area contributed by atoms with Gasteiger partial charge in [-0.3, -0.25) is 0 Å². The topological polar surface area (TPSA) is 149 Å². The second-order valence-electron chi connectivity index (χ2n) is 9.86. The van der Waals surface area contributed by atoms with E-state index in [0.717, 1.165) is 0 Å². The summed E-state index contributed by atoms with van der Waals surface area (Å²) in [5.41, 5.74) is 1.10. The Balaban J connectivity index is 1.49. The molecule has 0 aromatic heterocycles. The number of rotatable bonds is 2. The maximum atomic E-state index is 11.1. The van der Waals surface area contributed by atoms with E-state index in [1.54, 1.807) is 24.3 Å². The van der Waals surface area contributed by atoms with Gasteiger partial charge in [0, 0.05) is 23.8 Å². The number of aliphatic hydroxyl groups excluding tert-OH is 1. The SMILES string of the molecule is OC1=Cc2c(O)cc3c(c2O[C@@H]1c1ccc(O)cc1)[C@]1(CO3)c2c(O)cc(O)cc2O[C@@H]1c1ccc(O)cc1. The highest BCUT2D eigenvalue weighted by molar-refractivity contribution is 5.78. The molecule has 1 spiro atoms. The van der Waals surface area contributed by atoms with Crippen molar-refractivity contribution < 1.29 is 44.8 Å². The Morgan fingerprint density at radius 1 is 0.641 bits per heavy atom. The first kappa shape index (κ1) is 23.0. The van der Waals surface area contributed by atoms with Gasteiger partial charge < -0.3 is 44.8 Å². The molecule has 3 heterocycles. The highest BCUT2D eigenvalue weighted by atomic mass is 16.5. The molecule has 3 atom stereocenters. The predicted molar refractivity (Wildman–Crippen MR) is 138 cm³/mol. The number of hydrogen-bond acceptors (Lipinski definition) is 9. The molecule has 9 nitrogen and oxygen atoms in total. The third-order valence-corrected chi connectivity index (χ3v) is 7.56. The second-order valence-corrected chi connectivity index (χ2v) is 9.86. The second kappa shape index (κ2) is 7.91. The lowest BCUT2D eigenvalue weighted by Crippen LogP contribution is -2.35. The van der Waals surface area contributed by atoms with Crippen LogP contribution in [0.15, 0.2) is 72.5 Å². The van der Waals surface area contributed by atoms with Crippen LogP contribution in [0, 0.1) is 0 Å². The van der Waals surface area contributed by atoms with Crippen LogP contribution in [0.4, 0.5) is 0 Å². The Hall–Kier alpha value is -5.18. The van der Waals surface area contributed by atoms with E-state index in [1.165, 1.54) is 48.5 Å². The fourth-order valence-corrected chi connectivity index (χ4v) is 5.88. The molecule has 3 aliphatic rings. The Bertz CT molecular complexity index is 1670. The first-order valence-electron chi connectivity index (χ1n) is 12.2. The lowest BCUT2D eigenvalue weighted by Gasteiger charge is -2.33. The average molecular weight is 526 g/mol. The minimum Gasteiger partial charge on any atom is -0.508 e. The molecule has 0 radical (unpaired) electrons. The predicted octanol–water partition coefficient (Wildman–Crippen LogP) is 5.06. The minimum absolute atomic E-state index is 0.00195. The summed E-state index contributed by atoms with van der Waals surface area (Å²) in [6.45, 7) is -0.00195. The van der Waals surface area contributed by atoms with Crippen LogP contribution in [0.5, 0.6) is 46.0 Å². The molecule has 0 saturated carbocycles. The smallest absolute Gasteiger partial charge is 0.180 e. The number of hydrogen-bond donors (Lipinski definition) is 6. The molecule has 0 aliphatic carbocycles. The van der Waals surface area contributed by atoms with Crippen LogP contribution in [0.25, 0.3) is 6.08 Å². The van der Waals surface area contributed by atoms with E-state index in [9.17, 15) is 30.6 Å². The van der Waals surface area contributed by atoms with E-state index in [0.29, 0.717) is 28.0 Å². The van der Waals surface area contributed by atoms with Gasteiger partial charge in [0.1, 0.15) is 69.9 Å². The molecular weight excluding hydrogens is 504 g/mol. The summed E-state index contributed by atoms with van der Waals surface area (Å²) in [5.74, 6) is 0.172. The van der Waals surface area contributed by atoms with Crippen LogP contribution in [0.2, 0.25) is 0 Å². The fourth-order valence-electron chi connectivity index (χ4n) is 5.88. The van der Waals surface area contributed by atoms with Crippen molar-refractivity contribution in [2.75, 3.05) is 6.61 Å². The van der Waals surface area contributed by atoms with Gasteiger partial charge >= 0.3 is 0 Å². The van der Waals surface area contributed by atoms with Crippen molar-refractivity contribution in [1.82, 2.24) is 0 Å². The summed E-state index contributed by atoms with van der Waals surface area (Å²) < 4.78 is 18.9. The molecule has 0 unspecified atom stereocenters. The van der Waals surface area contributed by atoms with Crippen molar-refractivity contribution in [2.45, 2.75) is 17.6 Å². The minimum atomic E-state index is -1.20. The number of aliphatic hydroxyl groups is 1. The summed E-state index contributed by atoms with van der Waals surface area (Å²) in [4.78, 5) is 0. The molecule has 0 saturated heterocycles. The van der Waals surface area contributed by atoms with E-state index in [4.69, 9.17) is 14.2 Å². The van der Waals surface area contributed by atoms with Crippen molar-refractivity contribution in [3.05, 3.63) is 100 Å². The zero-order valence-corrected chi connectivity index (χ0v) is 20.2. The summed E-state index contributed by atoms with van der Waals surface area (Å²) in [5, 5.41) is 62.7. The average Bonchev–Trinajstić information content (AvgIpc) is 3.43.